The maximum Gasteiger partial charge on any atom is 0.220 e. The largest absolute Gasteiger partial charge is 0.356 e. The lowest BCUT2D eigenvalue weighted by Gasteiger charge is -2.30. The van der Waals surface area contributed by atoms with Crippen molar-refractivity contribution < 1.29 is 4.79 Å². The lowest BCUT2D eigenvalue weighted by atomic mass is 10.1. The van der Waals surface area contributed by atoms with E-state index in [-0.39, 0.29) is 5.91 Å². The summed E-state index contributed by atoms with van der Waals surface area (Å²) in [5, 5.41) is 6.24. The Kier molecular flexibility index (Phi) is 4.90. The average Bonchev–Trinajstić information content (AvgIpc) is 2.15. The third-order valence-electron chi connectivity index (χ3n) is 2.55. The molecule has 82 valence electrons. The molecule has 1 atom stereocenters. The number of nitrogens with zero attached hydrogens (tertiary/aromatic N) is 1. The van der Waals surface area contributed by atoms with E-state index in [1.54, 1.807) is 0 Å². The van der Waals surface area contributed by atoms with Gasteiger partial charge in [-0.1, -0.05) is 0 Å². The molecule has 0 aromatic heterocycles. The fourth-order valence-electron chi connectivity index (χ4n) is 1.78. The van der Waals surface area contributed by atoms with Gasteiger partial charge in [-0.15, -0.1) is 0 Å². The Hall–Kier alpha value is -0.610. The van der Waals surface area contributed by atoms with Crippen LogP contribution >= 0.6 is 0 Å². The van der Waals surface area contributed by atoms with E-state index in [9.17, 15) is 4.79 Å². The summed E-state index contributed by atoms with van der Waals surface area (Å²) >= 11 is 0. The molecule has 0 bridgehead atoms. The number of hydrogen-bond donors (Lipinski definition) is 2. The normalized spacial score (nSPS) is 23.4. The van der Waals surface area contributed by atoms with Crippen LogP contribution in [0.1, 0.15) is 19.8 Å². The number of piperazine rings is 1. The van der Waals surface area contributed by atoms with Gasteiger partial charge in [0.25, 0.3) is 0 Å². The van der Waals surface area contributed by atoms with E-state index >= 15 is 0 Å². The minimum absolute atomic E-state index is 0.169. The van der Waals surface area contributed by atoms with Crippen molar-refractivity contribution in [2.75, 3.05) is 33.2 Å². The molecule has 4 heteroatoms. The summed E-state index contributed by atoms with van der Waals surface area (Å²) in [5.74, 6) is 0.169. The first kappa shape index (κ1) is 11.5. The molecule has 1 saturated heterocycles. The maximum atomic E-state index is 11.2. The summed E-state index contributed by atoms with van der Waals surface area (Å²) in [6.45, 7) is 5.88. The number of carbonyl (C=O) groups is 1. The summed E-state index contributed by atoms with van der Waals surface area (Å²) in [7, 11) is 2.12. The van der Waals surface area contributed by atoms with Crippen molar-refractivity contribution in [3.63, 3.8) is 0 Å². The summed E-state index contributed by atoms with van der Waals surface area (Å²) in [4.78, 5) is 13.5. The summed E-state index contributed by atoms with van der Waals surface area (Å²) in [5.41, 5.74) is 0. The lowest BCUT2D eigenvalue weighted by Crippen LogP contribution is -2.49. The number of likely N-dealkylation sites (N-methyl/N-ethyl adjacent to an activating group) is 1. The molecule has 0 aliphatic carbocycles. The standard InChI is InChI=1S/C10H21N3O/c1-3-11-10(14)5-4-9-8-13(2)7-6-12-9/h9,12H,3-8H2,1-2H3,(H,11,14). The van der Waals surface area contributed by atoms with Gasteiger partial charge in [0.2, 0.25) is 5.91 Å². The van der Waals surface area contributed by atoms with Gasteiger partial charge in [-0.25, -0.2) is 0 Å². The molecule has 1 fully saturated rings. The predicted octanol–water partition coefficient (Wildman–Crippen LogP) is -0.194. The van der Waals surface area contributed by atoms with Crippen molar-refractivity contribution in [2.24, 2.45) is 0 Å². The number of rotatable bonds is 4. The molecule has 1 aliphatic heterocycles. The van der Waals surface area contributed by atoms with Crippen LogP contribution in [0.2, 0.25) is 0 Å². The first-order valence-electron chi connectivity index (χ1n) is 5.41. The smallest absolute Gasteiger partial charge is 0.220 e. The van der Waals surface area contributed by atoms with Crippen LogP contribution in [0.5, 0.6) is 0 Å². The fraction of sp³-hybridized carbons (Fsp3) is 0.900. The topological polar surface area (TPSA) is 44.4 Å². The average molecular weight is 199 g/mol. The van der Waals surface area contributed by atoms with E-state index < -0.39 is 0 Å². The second-order valence-corrected chi connectivity index (χ2v) is 3.91. The second-order valence-electron chi connectivity index (χ2n) is 3.91. The van der Waals surface area contributed by atoms with E-state index in [4.69, 9.17) is 0 Å². The van der Waals surface area contributed by atoms with Gasteiger partial charge in [0.05, 0.1) is 0 Å². The summed E-state index contributed by atoms with van der Waals surface area (Å²) < 4.78 is 0. The van der Waals surface area contributed by atoms with Crippen LogP contribution in [-0.4, -0.2) is 50.1 Å². The molecular weight excluding hydrogens is 178 g/mol. The highest BCUT2D eigenvalue weighted by Crippen LogP contribution is 2.03. The van der Waals surface area contributed by atoms with Gasteiger partial charge < -0.3 is 15.5 Å². The Morgan fingerprint density at radius 2 is 2.43 bits per heavy atom. The van der Waals surface area contributed by atoms with E-state index in [2.05, 4.69) is 22.6 Å². The van der Waals surface area contributed by atoms with Gasteiger partial charge in [-0.3, -0.25) is 4.79 Å². The first-order chi connectivity index (χ1) is 6.72. The third-order valence-corrected chi connectivity index (χ3v) is 2.55. The molecule has 0 spiro atoms. The van der Waals surface area contributed by atoms with Crippen LogP contribution < -0.4 is 10.6 Å². The van der Waals surface area contributed by atoms with Gasteiger partial charge in [0.15, 0.2) is 0 Å². The van der Waals surface area contributed by atoms with Crippen molar-refractivity contribution in [3.8, 4) is 0 Å². The zero-order valence-corrected chi connectivity index (χ0v) is 9.18. The van der Waals surface area contributed by atoms with E-state index in [1.807, 2.05) is 6.92 Å². The Labute approximate surface area is 86.0 Å². The molecule has 0 aromatic rings. The highest BCUT2D eigenvalue weighted by molar-refractivity contribution is 5.75. The molecule has 2 N–H and O–H groups in total. The number of nitrogens with one attached hydrogen (secondary N) is 2. The van der Waals surface area contributed by atoms with Gasteiger partial charge >= 0.3 is 0 Å². The molecule has 0 saturated carbocycles. The van der Waals surface area contributed by atoms with Crippen molar-refractivity contribution in [1.82, 2.24) is 15.5 Å². The molecule has 0 radical (unpaired) electrons. The van der Waals surface area contributed by atoms with Gasteiger partial charge in [-0.2, -0.15) is 0 Å². The van der Waals surface area contributed by atoms with Crippen LogP contribution in [0.4, 0.5) is 0 Å². The zero-order chi connectivity index (χ0) is 10.4. The lowest BCUT2D eigenvalue weighted by molar-refractivity contribution is -0.121. The predicted molar refractivity (Wildman–Crippen MR) is 57.2 cm³/mol. The number of hydrogen-bond acceptors (Lipinski definition) is 3. The summed E-state index contributed by atoms with van der Waals surface area (Å²) in [6, 6.07) is 0.483. The van der Waals surface area contributed by atoms with Gasteiger partial charge in [0, 0.05) is 38.6 Å². The van der Waals surface area contributed by atoms with Crippen molar-refractivity contribution in [3.05, 3.63) is 0 Å². The molecule has 4 nitrogen and oxygen atoms in total. The highest BCUT2D eigenvalue weighted by atomic mass is 16.1. The van der Waals surface area contributed by atoms with E-state index in [0.29, 0.717) is 12.5 Å². The highest BCUT2D eigenvalue weighted by Gasteiger charge is 2.16. The molecule has 1 rings (SSSR count). The molecular formula is C10H21N3O. The van der Waals surface area contributed by atoms with Crippen molar-refractivity contribution in [1.29, 1.82) is 0 Å². The summed E-state index contributed by atoms with van der Waals surface area (Å²) in [6.07, 6.45) is 1.58. The minimum atomic E-state index is 0.169. The van der Waals surface area contributed by atoms with Crippen LogP contribution in [0.3, 0.4) is 0 Å². The molecule has 1 aliphatic rings. The Morgan fingerprint density at radius 3 is 3.07 bits per heavy atom. The Balaban J connectivity index is 2.14. The monoisotopic (exact) mass is 199 g/mol. The van der Waals surface area contributed by atoms with Crippen molar-refractivity contribution >= 4 is 5.91 Å². The van der Waals surface area contributed by atoms with Crippen molar-refractivity contribution in [2.45, 2.75) is 25.8 Å². The van der Waals surface area contributed by atoms with E-state index in [1.165, 1.54) is 0 Å². The Morgan fingerprint density at radius 1 is 1.64 bits per heavy atom. The van der Waals surface area contributed by atoms with Gasteiger partial charge in [0.1, 0.15) is 0 Å². The Bertz CT molecular complexity index is 184. The first-order valence-corrected chi connectivity index (χ1v) is 5.41. The van der Waals surface area contributed by atoms with Crippen LogP contribution in [0.25, 0.3) is 0 Å². The number of amides is 1. The molecule has 1 amide bonds. The zero-order valence-electron chi connectivity index (χ0n) is 9.18. The third kappa shape index (κ3) is 4.07. The SMILES string of the molecule is CCNC(=O)CCC1CN(C)CCN1. The van der Waals surface area contributed by atoms with Crippen LogP contribution in [0, 0.1) is 0 Å². The fourth-order valence-corrected chi connectivity index (χ4v) is 1.78. The molecule has 1 heterocycles. The quantitative estimate of drug-likeness (QED) is 0.659. The minimum Gasteiger partial charge on any atom is -0.356 e. The molecule has 0 aromatic carbocycles. The second kappa shape index (κ2) is 5.98. The molecule has 1 unspecified atom stereocenters. The van der Waals surface area contributed by atoms with Gasteiger partial charge in [-0.05, 0) is 20.4 Å². The maximum absolute atomic E-state index is 11.2. The van der Waals surface area contributed by atoms with E-state index in [0.717, 1.165) is 32.6 Å². The number of carbonyl (C=O) groups excluding carboxylic acids is 1. The van der Waals surface area contributed by atoms with Crippen LogP contribution in [0.15, 0.2) is 0 Å². The molecule has 14 heavy (non-hydrogen) atoms. The van der Waals surface area contributed by atoms with Crippen LogP contribution in [-0.2, 0) is 4.79 Å².